The van der Waals surface area contributed by atoms with Crippen LogP contribution in [-0.2, 0) is 17.1 Å². The quantitative estimate of drug-likeness (QED) is 0.564. The Morgan fingerprint density at radius 2 is 1.85 bits per heavy atom. The van der Waals surface area contributed by atoms with Gasteiger partial charge in [0.15, 0.2) is 0 Å². The molecular weight excluding hydrogens is 456 g/mol. The molecule has 0 bridgehead atoms. The van der Waals surface area contributed by atoms with Gasteiger partial charge in [-0.1, -0.05) is 19.1 Å². The molecule has 0 atom stereocenters. The summed E-state index contributed by atoms with van der Waals surface area (Å²) in [6.07, 6.45) is 2.03. The fourth-order valence-electron chi connectivity index (χ4n) is 4.13. The first-order chi connectivity index (χ1) is 15.6. The van der Waals surface area contributed by atoms with Gasteiger partial charge in [0.25, 0.3) is 15.9 Å². The highest BCUT2D eigenvalue weighted by atomic mass is 32.2. The molecule has 1 aromatic carbocycles. The van der Waals surface area contributed by atoms with E-state index in [0.29, 0.717) is 38.6 Å². The zero-order chi connectivity index (χ0) is 23.9. The zero-order valence-corrected chi connectivity index (χ0v) is 21.3. The number of piperidine rings is 1. The highest BCUT2D eigenvalue weighted by molar-refractivity contribution is 7.92. The Bertz CT molecular complexity index is 1300. The van der Waals surface area contributed by atoms with Crippen LogP contribution in [0.25, 0.3) is 10.7 Å². The van der Waals surface area contributed by atoms with Gasteiger partial charge in [0.2, 0.25) is 0 Å². The molecule has 33 heavy (non-hydrogen) atoms. The Morgan fingerprint density at radius 1 is 1.15 bits per heavy atom. The number of aryl methyl sites for hydroxylation is 2. The summed E-state index contributed by atoms with van der Waals surface area (Å²) in [5, 5.41) is 0.642. The summed E-state index contributed by atoms with van der Waals surface area (Å²) in [6.45, 7) is 9.28. The van der Waals surface area contributed by atoms with E-state index in [1.165, 1.54) is 11.3 Å². The summed E-state index contributed by atoms with van der Waals surface area (Å²) in [5.74, 6) is 0.662. The lowest BCUT2D eigenvalue weighted by Gasteiger charge is -2.30. The van der Waals surface area contributed by atoms with Crippen LogP contribution in [0.15, 0.2) is 35.2 Å². The van der Waals surface area contributed by atoms with E-state index in [2.05, 4.69) is 16.6 Å². The molecule has 1 amide bonds. The number of hydrogen-bond donors (Lipinski definition) is 1. The van der Waals surface area contributed by atoms with Crippen molar-refractivity contribution in [1.29, 1.82) is 0 Å². The Kier molecular flexibility index (Phi) is 6.37. The lowest BCUT2D eigenvalue weighted by molar-refractivity contribution is 0.0701. The summed E-state index contributed by atoms with van der Waals surface area (Å²) >= 11 is 1.33. The predicted molar refractivity (Wildman–Crippen MR) is 132 cm³/mol. The molecule has 0 aliphatic carbocycles. The van der Waals surface area contributed by atoms with E-state index in [1.54, 1.807) is 25.1 Å². The molecule has 1 aliphatic heterocycles. The molecule has 1 N–H and O–H groups in total. The fraction of sp³-hybridized carbons (Fsp3) is 0.417. The largest absolute Gasteiger partial charge is 0.345 e. The Hall–Kier alpha value is -2.65. The number of thiazole rings is 1. The number of benzene rings is 1. The average Bonchev–Trinajstić information content (AvgIpc) is 3.28. The number of amides is 1. The van der Waals surface area contributed by atoms with Crippen LogP contribution >= 0.6 is 11.3 Å². The maximum atomic E-state index is 13.1. The smallest absolute Gasteiger partial charge is 0.265 e. The van der Waals surface area contributed by atoms with Crippen molar-refractivity contribution >= 4 is 33.0 Å². The normalized spacial score (nSPS) is 15.1. The highest BCUT2D eigenvalue weighted by Crippen LogP contribution is 2.34. The standard InChI is InChI=1S/C24H30N4O3S2/c1-15-9-11-28(12-10-15)24(29)22-17(3)25-23(32-22)20-14-21(18(4)27(20)5)33(30,31)26-19-8-6-7-16(2)13-19/h6-8,13-15,26H,9-12H2,1-5H3. The van der Waals surface area contributed by atoms with Crippen LogP contribution in [0, 0.1) is 26.7 Å². The van der Waals surface area contributed by atoms with E-state index in [-0.39, 0.29) is 10.8 Å². The van der Waals surface area contributed by atoms with Crippen LogP contribution in [0.1, 0.15) is 46.4 Å². The molecule has 7 nitrogen and oxygen atoms in total. The number of hydrogen-bond acceptors (Lipinski definition) is 5. The van der Waals surface area contributed by atoms with Crippen LogP contribution in [0.4, 0.5) is 5.69 Å². The first-order valence-electron chi connectivity index (χ1n) is 11.1. The maximum absolute atomic E-state index is 13.1. The molecule has 1 aliphatic rings. The lowest BCUT2D eigenvalue weighted by Crippen LogP contribution is -2.37. The Labute approximate surface area is 199 Å². The number of nitrogens with one attached hydrogen (secondary N) is 1. The van der Waals surface area contributed by atoms with Gasteiger partial charge in [-0.3, -0.25) is 9.52 Å². The van der Waals surface area contributed by atoms with Gasteiger partial charge in [-0.25, -0.2) is 13.4 Å². The van der Waals surface area contributed by atoms with Gasteiger partial charge >= 0.3 is 0 Å². The third-order valence-corrected chi connectivity index (χ3v) is 8.99. The van der Waals surface area contributed by atoms with E-state index < -0.39 is 10.0 Å². The number of nitrogens with zero attached hydrogens (tertiary/aromatic N) is 3. The minimum absolute atomic E-state index is 0.0167. The van der Waals surface area contributed by atoms with Gasteiger partial charge in [-0.2, -0.15) is 0 Å². The summed E-state index contributed by atoms with van der Waals surface area (Å²) in [5.41, 5.74) is 3.46. The second-order valence-electron chi connectivity index (χ2n) is 8.92. The van der Waals surface area contributed by atoms with Crippen LogP contribution in [0.5, 0.6) is 0 Å². The first kappa shape index (κ1) is 23.5. The summed E-state index contributed by atoms with van der Waals surface area (Å²) in [7, 11) is -1.96. The van der Waals surface area contributed by atoms with Crippen LogP contribution in [-0.4, -0.2) is 41.9 Å². The van der Waals surface area contributed by atoms with Crippen LogP contribution < -0.4 is 4.72 Å². The third kappa shape index (κ3) is 4.70. The molecule has 0 radical (unpaired) electrons. The molecule has 2 aromatic heterocycles. The van der Waals surface area contributed by atoms with Gasteiger partial charge < -0.3 is 9.47 Å². The van der Waals surface area contributed by atoms with Crippen molar-refractivity contribution in [2.24, 2.45) is 13.0 Å². The highest BCUT2D eigenvalue weighted by Gasteiger charge is 2.28. The number of rotatable bonds is 5. The van der Waals surface area contributed by atoms with Crippen LogP contribution in [0.3, 0.4) is 0 Å². The van der Waals surface area contributed by atoms with Crippen molar-refractivity contribution in [1.82, 2.24) is 14.5 Å². The summed E-state index contributed by atoms with van der Waals surface area (Å²) in [6, 6.07) is 8.89. The van der Waals surface area contributed by atoms with Gasteiger partial charge in [-0.05, 0) is 63.3 Å². The molecule has 3 aromatic rings. The summed E-state index contributed by atoms with van der Waals surface area (Å²) < 4.78 is 30.8. The fourth-order valence-corrected chi connectivity index (χ4v) is 6.55. The van der Waals surface area contributed by atoms with Gasteiger partial charge in [0.1, 0.15) is 14.8 Å². The monoisotopic (exact) mass is 486 g/mol. The van der Waals surface area contributed by atoms with Gasteiger partial charge in [0.05, 0.1) is 11.4 Å². The third-order valence-electron chi connectivity index (χ3n) is 6.33. The number of sulfonamides is 1. The van der Waals surface area contributed by atoms with E-state index in [4.69, 9.17) is 0 Å². The molecular formula is C24H30N4O3S2. The maximum Gasteiger partial charge on any atom is 0.265 e. The van der Waals surface area contributed by atoms with E-state index in [9.17, 15) is 13.2 Å². The summed E-state index contributed by atoms with van der Waals surface area (Å²) in [4.78, 5) is 20.5. The topological polar surface area (TPSA) is 84.3 Å². The number of carbonyl (C=O) groups excluding carboxylic acids is 1. The molecule has 0 unspecified atom stereocenters. The molecule has 176 valence electrons. The second kappa shape index (κ2) is 8.95. The number of likely N-dealkylation sites (tertiary alicyclic amines) is 1. The number of carbonyl (C=O) groups is 1. The number of anilines is 1. The van der Waals surface area contributed by atoms with Crippen molar-refractivity contribution in [3.63, 3.8) is 0 Å². The number of aromatic nitrogens is 2. The van der Waals surface area contributed by atoms with E-state index >= 15 is 0 Å². The van der Waals surface area contributed by atoms with E-state index in [1.807, 2.05) is 42.5 Å². The molecule has 3 heterocycles. The minimum Gasteiger partial charge on any atom is -0.345 e. The predicted octanol–water partition coefficient (Wildman–Crippen LogP) is 4.75. The molecule has 0 spiro atoms. The molecule has 0 saturated carbocycles. The van der Waals surface area contributed by atoms with Crippen molar-refractivity contribution in [2.45, 2.75) is 45.4 Å². The molecule has 4 rings (SSSR count). The molecule has 1 saturated heterocycles. The first-order valence-corrected chi connectivity index (χ1v) is 13.4. The van der Waals surface area contributed by atoms with Crippen molar-refractivity contribution in [3.8, 4) is 10.7 Å². The Balaban J connectivity index is 1.64. The van der Waals surface area contributed by atoms with Crippen molar-refractivity contribution in [2.75, 3.05) is 17.8 Å². The molecule has 9 heteroatoms. The van der Waals surface area contributed by atoms with Crippen molar-refractivity contribution in [3.05, 3.63) is 52.2 Å². The lowest BCUT2D eigenvalue weighted by atomic mass is 9.99. The Morgan fingerprint density at radius 3 is 2.52 bits per heavy atom. The minimum atomic E-state index is -3.78. The molecule has 1 fully saturated rings. The second-order valence-corrected chi connectivity index (χ2v) is 11.6. The average molecular weight is 487 g/mol. The van der Waals surface area contributed by atoms with Gasteiger partial charge in [-0.15, -0.1) is 11.3 Å². The van der Waals surface area contributed by atoms with Crippen LogP contribution in [0.2, 0.25) is 0 Å². The van der Waals surface area contributed by atoms with E-state index in [0.717, 1.165) is 31.5 Å². The zero-order valence-electron chi connectivity index (χ0n) is 19.7. The van der Waals surface area contributed by atoms with Gasteiger partial charge in [0, 0.05) is 31.5 Å². The van der Waals surface area contributed by atoms with Crippen molar-refractivity contribution < 1.29 is 13.2 Å². The SMILES string of the molecule is Cc1cccc(NS(=O)(=O)c2cc(-c3nc(C)c(C(=O)N4CCC(C)CC4)s3)n(C)c2C)c1.